The molecule has 108 valence electrons. The molecule has 0 fully saturated rings. The van der Waals surface area contributed by atoms with Crippen molar-refractivity contribution in [1.29, 1.82) is 0 Å². The van der Waals surface area contributed by atoms with Crippen molar-refractivity contribution in [3.05, 3.63) is 18.5 Å². The molecular formula is C13H19N5OS. The van der Waals surface area contributed by atoms with Crippen molar-refractivity contribution in [2.24, 2.45) is 0 Å². The van der Waals surface area contributed by atoms with E-state index in [1.165, 1.54) is 11.8 Å². The molecule has 2 rings (SSSR count). The Kier molecular flexibility index (Phi) is 4.84. The van der Waals surface area contributed by atoms with Crippen molar-refractivity contribution in [2.45, 2.75) is 32.0 Å². The number of aromatic nitrogens is 4. The summed E-state index contributed by atoms with van der Waals surface area (Å²) in [6.07, 6.45) is 5.48. The molecular weight excluding hydrogens is 274 g/mol. The van der Waals surface area contributed by atoms with Crippen molar-refractivity contribution in [1.82, 2.24) is 19.7 Å². The van der Waals surface area contributed by atoms with E-state index in [1.807, 2.05) is 24.1 Å². The molecule has 0 bridgehead atoms. The Balaban J connectivity index is 2.20. The molecule has 1 N–H and O–H groups in total. The Hall–Kier alpha value is -1.76. The van der Waals surface area contributed by atoms with Crippen LogP contribution in [0.1, 0.15) is 26.8 Å². The van der Waals surface area contributed by atoms with Gasteiger partial charge in [0.2, 0.25) is 5.88 Å². The summed E-state index contributed by atoms with van der Waals surface area (Å²) < 4.78 is 7.60. The quantitative estimate of drug-likeness (QED) is 0.652. The molecule has 0 aromatic carbocycles. The van der Waals surface area contributed by atoms with Crippen LogP contribution in [0.2, 0.25) is 0 Å². The minimum absolute atomic E-state index is 0.303. The van der Waals surface area contributed by atoms with E-state index < -0.39 is 0 Å². The van der Waals surface area contributed by atoms with Gasteiger partial charge in [-0.2, -0.15) is 10.1 Å². The average Bonchev–Trinajstić information content (AvgIpc) is 2.87. The van der Waals surface area contributed by atoms with E-state index in [-0.39, 0.29) is 0 Å². The molecule has 0 atom stereocenters. The molecule has 2 aromatic heterocycles. The number of nitrogens with zero attached hydrogens (tertiary/aromatic N) is 4. The number of hydrogen-bond acceptors (Lipinski definition) is 6. The van der Waals surface area contributed by atoms with Crippen LogP contribution in [0.4, 0.5) is 5.82 Å². The maximum Gasteiger partial charge on any atom is 0.225 e. The molecule has 0 saturated heterocycles. The summed E-state index contributed by atoms with van der Waals surface area (Å²) in [6.45, 7) is 6.96. The molecule has 0 aliphatic carbocycles. The van der Waals surface area contributed by atoms with Gasteiger partial charge in [0.05, 0.1) is 12.4 Å². The van der Waals surface area contributed by atoms with Crippen LogP contribution in [0.3, 0.4) is 0 Å². The lowest BCUT2D eigenvalue weighted by Crippen LogP contribution is -2.02. The monoisotopic (exact) mass is 293 g/mol. The van der Waals surface area contributed by atoms with Crippen LogP contribution >= 0.6 is 11.8 Å². The third-order valence-corrected chi connectivity index (χ3v) is 3.10. The Bertz CT molecular complexity index is 570. The third kappa shape index (κ3) is 3.63. The summed E-state index contributed by atoms with van der Waals surface area (Å²) in [6, 6.07) is 2.09. The molecule has 7 heteroatoms. The van der Waals surface area contributed by atoms with Crippen LogP contribution in [-0.4, -0.2) is 32.5 Å². The summed E-state index contributed by atoms with van der Waals surface area (Å²) in [5.41, 5.74) is 0. The van der Waals surface area contributed by atoms with Crippen LogP contribution in [0.25, 0.3) is 0 Å². The standard InChI is InChI=1S/C13H19N5OS/c1-5-14-11-6-12(17-13(16-11)20-4)19-10-7-15-18(8-10)9(2)3/h6-9H,5H2,1-4H3,(H,14,16,17). The first kappa shape index (κ1) is 14.6. The molecule has 0 radical (unpaired) electrons. The summed E-state index contributed by atoms with van der Waals surface area (Å²) in [5, 5.41) is 8.08. The smallest absolute Gasteiger partial charge is 0.225 e. The van der Waals surface area contributed by atoms with Crippen molar-refractivity contribution < 1.29 is 4.74 Å². The third-order valence-electron chi connectivity index (χ3n) is 2.55. The van der Waals surface area contributed by atoms with Crippen LogP contribution < -0.4 is 10.1 Å². The van der Waals surface area contributed by atoms with E-state index in [1.54, 1.807) is 12.3 Å². The summed E-state index contributed by atoms with van der Waals surface area (Å²) in [4.78, 5) is 8.69. The van der Waals surface area contributed by atoms with Crippen LogP contribution in [0, 0.1) is 0 Å². The highest BCUT2D eigenvalue weighted by molar-refractivity contribution is 7.98. The Morgan fingerprint density at radius 1 is 1.40 bits per heavy atom. The fraction of sp³-hybridized carbons (Fsp3) is 0.462. The van der Waals surface area contributed by atoms with Gasteiger partial charge in [-0.25, -0.2) is 4.98 Å². The predicted molar refractivity (Wildman–Crippen MR) is 80.7 cm³/mol. The van der Waals surface area contributed by atoms with Crippen LogP contribution in [-0.2, 0) is 0 Å². The summed E-state index contributed by atoms with van der Waals surface area (Å²) >= 11 is 1.48. The molecule has 0 aliphatic heterocycles. The minimum atomic E-state index is 0.303. The lowest BCUT2D eigenvalue weighted by Gasteiger charge is -2.07. The Morgan fingerprint density at radius 3 is 2.80 bits per heavy atom. The molecule has 2 aromatic rings. The van der Waals surface area contributed by atoms with Crippen molar-refractivity contribution in [3.8, 4) is 11.6 Å². The minimum Gasteiger partial charge on any atom is -0.435 e. The molecule has 2 heterocycles. The molecule has 0 aliphatic rings. The average molecular weight is 293 g/mol. The predicted octanol–water partition coefficient (Wildman–Crippen LogP) is 3.20. The van der Waals surface area contributed by atoms with E-state index in [9.17, 15) is 0 Å². The van der Waals surface area contributed by atoms with Gasteiger partial charge in [-0.05, 0) is 27.0 Å². The zero-order valence-electron chi connectivity index (χ0n) is 12.1. The Morgan fingerprint density at radius 2 is 2.20 bits per heavy atom. The highest BCUT2D eigenvalue weighted by atomic mass is 32.2. The highest BCUT2D eigenvalue weighted by Gasteiger charge is 2.08. The van der Waals surface area contributed by atoms with Crippen LogP contribution in [0.5, 0.6) is 11.6 Å². The molecule has 6 nitrogen and oxygen atoms in total. The topological polar surface area (TPSA) is 64.9 Å². The van der Waals surface area contributed by atoms with Crippen molar-refractivity contribution in [2.75, 3.05) is 18.1 Å². The first-order valence-electron chi connectivity index (χ1n) is 6.51. The van der Waals surface area contributed by atoms with Gasteiger partial charge in [0.15, 0.2) is 10.9 Å². The molecule has 0 spiro atoms. The molecule has 0 amide bonds. The fourth-order valence-electron chi connectivity index (χ4n) is 1.60. The van der Waals surface area contributed by atoms with Gasteiger partial charge in [-0.15, -0.1) is 0 Å². The summed E-state index contributed by atoms with van der Waals surface area (Å²) in [5.74, 6) is 1.95. The summed E-state index contributed by atoms with van der Waals surface area (Å²) in [7, 11) is 0. The number of thioether (sulfide) groups is 1. The second-order valence-electron chi connectivity index (χ2n) is 4.46. The zero-order chi connectivity index (χ0) is 14.5. The highest BCUT2D eigenvalue weighted by Crippen LogP contribution is 2.24. The van der Waals surface area contributed by atoms with Gasteiger partial charge in [0.25, 0.3) is 0 Å². The van der Waals surface area contributed by atoms with E-state index in [0.29, 0.717) is 22.8 Å². The number of anilines is 1. The number of hydrogen-bond donors (Lipinski definition) is 1. The second kappa shape index (κ2) is 6.60. The van der Waals surface area contributed by atoms with Gasteiger partial charge < -0.3 is 10.1 Å². The first-order chi connectivity index (χ1) is 9.62. The van der Waals surface area contributed by atoms with Gasteiger partial charge in [-0.1, -0.05) is 11.8 Å². The van der Waals surface area contributed by atoms with Gasteiger partial charge in [-0.3, -0.25) is 4.68 Å². The van der Waals surface area contributed by atoms with E-state index >= 15 is 0 Å². The maximum atomic E-state index is 5.75. The number of nitrogens with one attached hydrogen (secondary N) is 1. The lowest BCUT2D eigenvalue weighted by atomic mass is 10.4. The van der Waals surface area contributed by atoms with Crippen molar-refractivity contribution >= 4 is 17.6 Å². The largest absolute Gasteiger partial charge is 0.435 e. The zero-order valence-corrected chi connectivity index (χ0v) is 12.9. The molecule has 0 unspecified atom stereocenters. The van der Waals surface area contributed by atoms with E-state index in [4.69, 9.17) is 4.74 Å². The van der Waals surface area contributed by atoms with Crippen LogP contribution in [0.15, 0.2) is 23.6 Å². The van der Waals surface area contributed by atoms with Gasteiger partial charge in [0, 0.05) is 18.7 Å². The maximum absolute atomic E-state index is 5.75. The fourth-order valence-corrected chi connectivity index (χ4v) is 1.97. The number of ether oxygens (including phenoxy) is 1. The molecule has 0 saturated carbocycles. The van der Waals surface area contributed by atoms with E-state index in [2.05, 4.69) is 34.2 Å². The van der Waals surface area contributed by atoms with Crippen molar-refractivity contribution in [3.63, 3.8) is 0 Å². The molecule has 20 heavy (non-hydrogen) atoms. The lowest BCUT2D eigenvalue weighted by molar-refractivity contribution is 0.452. The normalized spacial score (nSPS) is 10.8. The SMILES string of the molecule is CCNc1cc(Oc2cnn(C(C)C)c2)nc(SC)n1. The second-order valence-corrected chi connectivity index (χ2v) is 5.23. The van der Waals surface area contributed by atoms with E-state index in [0.717, 1.165) is 12.4 Å². The van der Waals surface area contributed by atoms with Gasteiger partial charge in [0.1, 0.15) is 5.82 Å². The first-order valence-corrected chi connectivity index (χ1v) is 7.73. The van der Waals surface area contributed by atoms with Gasteiger partial charge >= 0.3 is 0 Å². The number of rotatable bonds is 6. The Labute approximate surface area is 123 Å².